The number of hydrogen-bond donors (Lipinski definition) is 1. The first-order chi connectivity index (χ1) is 10.5. The van der Waals surface area contributed by atoms with E-state index in [0.717, 1.165) is 5.75 Å². The molecule has 0 aromatic heterocycles. The maximum absolute atomic E-state index is 13.7. The van der Waals surface area contributed by atoms with E-state index in [0.29, 0.717) is 23.0 Å². The van der Waals surface area contributed by atoms with Crippen molar-refractivity contribution in [1.82, 2.24) is 5.32 Å². The first-order valence-corrected chi connectivity index (χ1v) is 8.08. The molecule has 1 fully saturated rings. The van der Waals surface area contributed by atoms with Crippen molar-refractivity contribution >= 4 is 34.4 Å². The zero-order chi connectivity index (χ0) is 15.7. The molecule has 3 rings (SSSR count). The van der Waals surface area contributed by atoms with Gasteiger partial charge in [0.15, 0.2) is 5.17 Å². The van der Waals surface area contributed by atoms with Crippen LogP contribution >= 0.6 is 11.8 Å². The molecule has 22 heavy (non-hydrogen) atoms. The number of thioether (sulfide) groups is 1. The molecular weight excluding hydrogens is 305 g/mol. The number of amides is 2. The maximum Gasteiger partial charge on any atom is 0.231 e. The first kappa shape index (κ1) is 15.0. The van der Waals surface area contributed by atoms with Crippen molar-refractivity contribution in [2.45, 2.75) is 13.3 Å². The molecule has 2 heterocycles. The van der Waals surface area contributed by atoms with Crippen LogP contribution in [0.1, 0.15) is 12.0 Å². The molecule has 0 unspecified atom stereocenters. The lowest BCUT2D eigenvalue weighted by atomic mass is 10.1. The highest BCUT2D eigenvalue weighted by Crippen LogP contribution is 2.27. The van der Waals surface area contributed by atoms with E-state index in [1.807, 2.05) is 0 Å². The molecule has 0 saturated carbocycles. The van der Waals surface area contributed by atoms with Crippen LogP contribution in [0, 0.1) is 18.7 Å². The molecule has 0 radical (unpaired) electrons. The van der Waals surface area contributed by atoms with Crippen molar-refractivity contribution < 1.29 is 14.0 Å². The normalized spacial score (nSPS) is 21.2. The molecule has 0 bridgehead atoms. The Hall–Kier alpha value is -1.89. The molecule has 2 aliphatic rings. The average Bonchev–Trinajstić information content (AvgIpc) is 3.11. The quantitative estimate of drug-likeness (QED) is 0.902. The van der Waals surface area contributed by atoms with Crippen molar-refractivity contribution in [3.63, 3.8) is 0 Å². The summed E-state index contributed by atoms with van der Waals surface area (Å²) in [6, 6.07) is 4.67. The number of carbonyl (C=O) groups is 2. The van der Waals surface area contributed by atoms with Gasteiger partial charge in [-0.2, -0.15) is 0 Å². The predicted octanol–water partition coefficient (Wildman–Crippen LogP) is 1.71. The second-order valence-electron chi connectivity index (χ2n) is 5.36. The fraction of sp³-hybridized carbons (Fsp3) is 0.400. The summed E-state index contributed by atoms with van der Waals surface area (Å²) < 4.78 is 13.7. The van der Waals surface area contributed by atoms with Crippen LogP contribution in [0.5, 0.6) is 0 Å². The fourth-order valence-corrected chi connectivity index (χ4v) is 3.23. The number of anilines is 1. The number of hydrogen-bond acceptors (Lipinski definition) is 4. The Morgan fingerprint density at radius 2 is 2.32 bits per heavy atom. The van der Waals surface area contributed by atoms with E-state index in [9.17, 15) is 14.0 Å². The number of halogens is 1. The molecule has 5 nitrogen and oxygen atoms in total. The highest BCUT2D eigenvalue weighted by molar-refractivity contribution is 8.14. The molecule has 1 saturated heterocycles. The molecule has 1 aromatic rings. The third-order valence-electron chi connectivity index (χ3n) is 3.78. The summed E-state index contributed by atoms with van der Waals surface area (Å²) in [7, 11) is 0. The van der Waals surface area contributed by atoms with Gasteiger partial charge in [0.1, 0.15) is 5.82 Å². The Kier molecular flexibility index (Phi) is 4.15. The Bertz CT molecular complexity index is 662. The van der Waals surface area contributed by atoms with Crippen LogP contribution in [-0.2, 0) is 9.59 Å². The van der Waals surface area contributed by atoms with Crippen molar-refractivity contribution in [2.75, 3.05) is 23.7 Å². The van der Waals surface area contributed by atoms with Gasteiger partial charge >= 0.3 is 0 Å². The third kappa shape index (κ3) is 2.99. The van der Waals surface area contributed by atoms with Gasteiger partial charge in [-0.25, -0.2) is 4.39 Å². The standard InChI is InChI=1S/C15H16FN3O2S/c1-9-2-3-11(7-12(9)16)19-8-10(6-13(19)20)14(21)18-15-17-4-5-22-15/h2-3,7,10H,4-6,8H2,1H3,(H,17,18,21)/t10-/m0/s1. The lowest BCUT2D eigenvalue weighted by molar-refractivity contribution is -0.125. The second kappa shape index (κ2) is 6.08. The summed E-state index contributed by atoms with van der Waals surface area (Å²) >= 11 is 1.50. The average molecular weight is 321 g/mol. The SMILES string of the molecule is Cc1ccc(N2C[C@@H](C(=O)NC3=NCCS3)CC2=O)cc1F. The van der Waals surface area contributed by atoms with Crippen LogP contribution < -0.4 is 10.2 Å². The Balaban J connectivity index is 1.69. The van der Waals surface area contributed by atoms with Crippen LogP contribution in [0.2, 0.25) is 0 Å². The fourth-order valence-electron chi connectivity index (χ4n) is 2.50. The molecule has 0 spiro atoms. The van der Waals surface area contributed by atoms with Gasteiger partial charge < -0.3 is 10.2 Å². The lowest BCUT2D eigenvalue weighted by Crippen LogP contribution is -2.35. The second-order valence-corrected chi connectivity index (χ2v) is 6.45. The number of aryl methyl sites for hydroxylation is 1. The monoisotopic (exact) mass is 321 g/mol. The molecule has 2 aliphatic heterocycles. The van der Waals surface area contributed by atoms with Crippen molar-refractivity contribution in [2.24, 2.45) is 10.9 Å². The Labute approximate surface area is 132 Å². The Morgan fingerprint density at radius 3 is 3.00 bits per heavy atom. The summed E-state index contributed by atoms with van der Waals surface area (Å²) in [6.07, 6.45) is 0.138. The number of carbonyl (C=O) groups excluding carboxylic acids is 2. The van der Waals surface area contributed by atoms with Crippen molar-refractivity contribution in [1.29, 1.82) is 0 Å². The van der Waals surface area contributed by atoms with E-state index < -0.39 is 5.92 Å². The third-order valence-corrected chi connectivity index (χ3v) is 4.67. The Morgan fingerprint density at radius 1 is 1.50 bits per heavy atom. The lowest BCUT2D eigenvalue weighted by Gasteiger charge is -2.17. The van der Waals surface area contributed by atoms with Crippen molar-refractivity contribution in [3.05, 3.63) is 29.6 Å². The maximum atomic E-state index is 13.7. The minimum Gasteiger partial charge on any atom is -0.311 e. The first-order valence-electron chi connectivity index (χ1n) is 7.09. The number of benzene rings is 1. The summed E-state index contributed by atoms with van der Waals surface area (Å²) in [4.78, 5) is 29.9. The van der Waals surface area contributed by atoms with Gasteiger partial charge in [-0.05, 0) is 24.6 Å². The van der Waals surface area contributed by atoms with E-state index in [-0.39, 0.29) is 30.6 Å². The zero-order valence-corrected chi connectivity index (χ0v) is 13.0. The van der Waals surface area contributed by atoms with E-state index in [2.05, 4.69) is 10.3 Å². The van der Waals surface area contributed by atoms with E-state index in [4.69, 9.17) is 0 Å². The minimum atomic E-state index is -0.430. The van der Waals surface area contributed by atoms with Gasteiger partial charge in [-0.15, -0.1) is 0 Å². The van der Waals surface area contributed by atoms with Crippen LogP contribution in [0.15, 0.2) is 23.2 Å². The molecule has 1 N–H and O–H groups in total. The van der Waals surface area contributed by atoms with Crippen LogP contribution in [0.25, 0.3) is 0 Å². The molecular formula is C15H16FN3O2S. The van der Waals surface area contributed by atoms with Gasteiger partial charge in [0, 0.05) is 24.4 Å². The van der Waals surface area contributed by atoms with Crippen LogP contribution in [0.4, 0.5) is 10.1 Å². The number of rotatable bonds is 2. The van der Waals surface area contributed by atoms with Crippen LogP contribution in [-0.4, -0.2) is 35.8 Å². The van der Waals surface area contributed by atoms with E-state index in [1.54, 1.807) is 19.1 Å². The summed E-state index contributed by atoms with van der Waals surface area (Å²) in [5.74, 6) is -0.273. The number of nitrogens with zero attached hydrogens (tertiary/aromatic N) is 2. The highest BCUT2D eigenvalue weighted by atomic mass is 32.2. The number of nitrogens with one attached hydrogen (secondary N) is 1. The van der Waals surface area contributed by atoms with Gasteiger partial charge in [-0.3, -0.25) is 14.6 Å². The largest absolute Gasteiger partial charge is 0.311 e. The molecule has 1 atom stereocenters. The topological polar surface area (TPSA) is 61.8 Å². The highest BCUT2D eigenvalue weighted by Gasteiger charge is 2.35. The molecule has 7 heteroatoms. The minimum absolute atomic E-state index is 0.138. The summed E-state index contributed by atoms with van der Waals surface area (Å²) in [5, 5.41) is 3.38. The smallest absolute Gasteiger partial charge is 0.231 e. The van der Waals surface area contributed by atoms with Gasteiger partial charge in [0.2, 0.25) is 11.8 Å². The van der Waals surface area contributed by atoms with Gasteiger partial charge in [0.05, 0.1) is 12.5 Å². The summed E-state index contributed by atoms with van der Waals surface area (Å²) in [5.41, 5.74) is 1.02. The molecule has 2 amide bonds. The van der Waals surface area contributed by atoms with Crippen molar-refractivity contribution in [3.8, 4) is 0 Å². The molecule has 116 valence electrons. The van der Waals surface area contributed by atoms with E-state index in [1.165, 1.54) is 22.7 Å². The van der Waals surface area contributed by atoms with E-state index >= 15 is 0 Å². The number of amidine groups is 1. The number of aliphatic imine (C=N–C) groups is 1. The van der Waals surface area contributed by atoms with Gasteiger partial charge in [-0.1, -0.05) is 17.8 Å². The van der Waals surface area contributed by atoms with Crippen LogP contribution in [0.3, 0.4) is 0 Å². The molecule has 0 aliphatic carbocycles. The molecule has 1 aromatic carbocycles. The predicted molar refractivity (Wildman–Crippen MR) is 84.5 cm³/mol. The zero-order valence-electron chi connectivity index (χ0n) is 12.1. The summed E-state index contributed by atoms with van der Waals surface area (Å²) in [6.45, 7) is 2.64. The van der Waals surface area contributed by atoms with Gasteiger partial charge in [0.25, 0.3) is 0 Å².